The minimum absolute atomic E-state index is 0.299. The zero-order valence-electron chi connectivity index (χ0n) is 13.1. The maximum atomic E-state index is 6.55. The van der Waals surface area contributed by atoms with Crippen molar-refractivity contribution in [2.45, 2.75) is 81.2 Å². The fourth-order valence-corrected chi connectivity index (χ4v) is 5.17. The van der Waals surface area contributed by atoms with E-state index in [-0.39, 0.29) is 0 Å². The summed E-state index contributed by atoms with van der Waals surface area (Å²) in [5, 5.41) is 0.850. The lowest BCUT2D eigenvalue weighted by molar-refractivity contribution is -0.0715. The summed E-state index contributed by atoms with van der Waals surface area (Å²) in [6.45, 7) is 3.77. The number of rotatable bonds is 3. The van der Waals surface area contributed by atoms with Crippen LogP contribution in [0.15, 0.2) is 0 Å². The molecule has 2 nitrogen and oxygen atoms in total. The van der Waals surface area contributed by atoms with Crippen LogP contribution in [-0.2, 0) is 4.74 Å². The molecular formula is C17H31NOS. The van der Waals surface area contributed by atoms with Crippen molar-refractivity contribution >= 4 is 11.8 Å². The Kier molecular flexibility index (Phi) is 5.33. The van der Waals surface area contributed by atoms with Crippen molar-refractivity contribution in [3.8, 4) is 0 Å². The summed E-state index contributed by atoms with van der Waals surface area (Å²) in [6, 6.07) is 0. The van der Waals surface area contributed by atoms with Gasteiger partial charge in [-0.3, -0.25) is 4.90 Å². The molecule has 0 aromatic carbocycles. The summed E-state index contributed by atoms with van der Waals surface area (Å²) in [6.07, 6.45) is 16.5. The molecule has 20 heavy (non-hydrogen) atoms. The molecule has 0 radical (unpaired) electrons. The van der Waals surface area contributed by atoms with E-state index in [2.05, 4.69) is 22.9 Å². The van der Waals surface area contributed by atoms with Gasteiger partial charge in [0.05, 0.1) is 11.7 Å². The molecule has 0 bridgehead atoms. The minimum atomic E-state index is 0.299. The second kappa shape index (κ2) is 7.02. The lowest BCUT2D eigenvalue weighted by Gasteiger charge is -2.34. The van der Waals surface area contributed by atoms with Gasteiger partial charge >= 0.3 is 0 Å². The highest BCUT2D eigenvalue weighted by atomic mass is 32.2. The van der Waals surface area contributed by atoms with Crippen LogP contribution in [0.1, 0.15) is 64.2 Å². The molecule has 3 heteroatoms. The topological polar surface area (TPSA) is 12.5 Å². The van der Waals surface area contributed by atoms with Crippen LogP contribution >= 0.6 is 11.8 Å². The molecule has 3 aliphatic rings. The van der Waals surface area contributed by atoms with Crippen LogP contribution in [0.5, 0.6) is 0 Å². The average Bonchev–Trinajstić information content (AvgIpc) is 2.71. The van der Waals surface area contributed by atoms with Crippen LogP contribution < -0.4 is 0 Å². The fraction of sp³-hybridized carbons (Fsp3) is 1.00. The number of hydrogen-bond donors (Lipinski definition) is 0. The van der Waals surface area contributed by atoms with Crippen molar-refractivity contribution in [3.63, 3.8) is 0 Å². The Morgan fingerprint density at radius 1 is 1.05 bits per heavy atom. The van der Waals surface area contributed by atoms with E-state index in [0.717, 1.165) is 5.25 Å². The van der Waals surface area contributed by atoms with Crippen LogP contribution in [-0.4, -0.2) is 47.7 Å². The predicted octanol–water partition coefficient (Wildman–Crippen LogP) is 4.09. The summed E-state index contributed by atoms with van der Waals surface area (Å²) in [5.74, 6) is 0. The van der Waals surface area contributed by atoms with Gasteiger partial charge in [-0.15, -0.1) is 0 Å². The summed E-state index contributed by atoms with van der Waals surface area (Å²) in [7, 11) is 0. The second-order valence-electron chi connectivity index (χ2n) is 7.14. The Balaban J connectivity index is 1.50. The van der Waals surface area contributed by atoms with Crippen molar-refractivity contribution in [2.24, 2.45) is 0 Å². The lowest BCUT2D eigenvalue weighted by atomic mass is 9.83. The molecule has 1 spiro atoms. The molecular weight excluding hydrogens is 266 g/mol. The van der Waals surface area contributed by atoms with E-state index in [1.165, 1.54) is 83.8 Å². The third kappa shape index (κ3) is 3.72. The number of thioether (sulfide) groups is 1. The third-order valence-corrected chi connectivity index (χ3v) is 6.66. The maximum Gasteiger partial charge on any atom is 0.0710 e. The third-order valence-electron chi connectivity index (χ3n) is 5.61. The summed E-state index contributed by atoms with van der Waals surface area (Å²) in [5.41, 5.74) is 0.299. The van der Waals surface area contributed by atoms with Gasteiger partial charge in [0.2, 0.25) is 0 Å². The van der Waals surface area contributed by atoms with Crippen LogP contribution in [0.2, 0.25) is 0 Å². The van der Waals surface area contributed by atoms with Crippen molar-refractivity contribution in [3.05, 3.63) is 0 Å². The SMILES string of the molecule is CS[C@@H]1CCCCN(C[C@H]2CCC3(CCCCC3)O2)C1. The van der Waals surface area contributed by atoms with E-state index in [1.807, 2.05) is 0 Å². The lowest BCUT2D eigenvalue weighted by Crippen LogP contribution is -2.38. The quantitative estimate of drug-likeness (QED) is 0.778. The highest BCUT2D eigenvalue weighted by Crippen LogP contribution is 2.42. The van der Waals surface area contributed by atoms with Gasteiger partial charge in [0.25, 0.3) is 0 Å². The van der Waals surface area contributed by atoms with Gasteiger partial charge in [-0.05, 0) is 51.3 Å². The number of likely N-dealkylation sites (tertiary alicyclic amines) is 1. The van der Waals surface area contributed by atoms with Gasteiger partial charge in [-0.25, -0.2) is 0 Å². The molecule has 2 saturated heterocycles. The van der Waals surface area contributed by atoms with Gasteiger partial charge in [0.1, 0.15) is 0 Å². The maximum absolute atomic E-state index is 6.55. The largest absolute Gasteiger partial charge is 0.370 e. The van der Waals surface area contributed by atoms with Crippen molar-refractivity contribution in [1.29, 1.82) is 0 Å². The Labute approximate surface area is 129 Å². The normalized spacial score (nSPS) is 35.2. The molecule has 1 aliphatic carbocycles. The van der Waals surface area contributed by atoms with E-state index in [1.54, 1.807) is 0 Å². The Morgan fingerprint density at radius 2 is 1.90 bits per heavy atom. The first kappa shape index (κ1) is 15.2. The minimum Gasteiger partial charge on any atom is -0.370 e. The molecule has 116 valence electrons. The first-order valence-electron chi connectivity index (χ1n) is 8.73. The highest BCUT2D eigenvalue weighted by Gasteiger charge is 2.41. The molecule has 0 aromatic rings. The molecule has 3 rings (SSSR count). The van der Waals surface area contributed by atoms with Gasteiger partial charge in [0.15, 0.2) is 0 Å². The molecule has 3 fully saturated rings. The monoisotopic (exact) mass is 297 g/mol. The zero-order chi connectivity index (χ0) is 13.8. The summed E-state index contributed by atoms with van der Waals surface area (Å²) < 4.78 is 6.55. The Morgan fingerprint density at radius 3 is 2.70 bits per heavy atom. The van der Waals surface area contributed by atoms with Gasteiger partial charge < -0.3 is 4.74 Å². The van der Waals surface area contributed by atoms with Crippen LogP contribution in [0.3, 0.4) is 0 Å². The van der Waals surface area contributed by atoms with Crippen LogP contribution in [0.4, 0.5) is 0 Å². The fourth-order valence-electron chi connectivity index (χ4n) is 4.41. The van der Waals surface area contributed by atoms with Gasteiger partial charge in [0, 0.05) is 18.3 Å². The number of hydrogen-bond acceptors (Lipinski definition) is 3. The summed E-state index contributed by atoms with van der Waals surface area (Å²) >= 11 is 2.06. The van der Waals surface area contributed by atoms with E-state index in [4.69, 9.17) is 4.74 Å². The summed E-state index contributed by atoms with van der Waals surface area (Å²) in [4.78, 5) is 2.70. The van der Waals surface area contributed by atoms with Gasteiger partial charge in [-0.2, -0.15) is 11.8 Å². The Bertz CT molecular complexity index is 303. The first-order valence-corrected chi connectivity index (χ1v) is 10.0. The molecule has 2 heterocycles. The predicted molar refractivity (Wildman–Crippen MR) is 87.5 cm³/mol. The van der Waals surface area contributed by atoms with Crippen LogP contribution in [0, 0.1) is 0 Å². The van der Waals surface area contributed by atoms with Crippen molar-refractivity contribution in [1.82, 2.24) is 4.90 Å². The number of nitrogens with zero attached hydrogens (tertiary/aromatic N) is 1. The van der Waals surface area contributed by atoms with Crippen molar-refractivity contribution in [2.75, 3.05) is 25.9 Å². The molecule has 2 atom stereocenters. The van der Waals surface area contributed by atoms with Crippen LogP contribution in [0.25, 0.3) is 0 Å². The zero-order valence-corrected chi connectivity index (χ0v) is 13.9. The molecule has 1 saturated carbocycles. The molecule has 0 N–H and O–H groups in total. The molecule has 0 amide bonds. The van der Waals surface area contributed by atoms with E-state index in [9.17, 15) is 0 Å². The molecule has 0 aromatic heterocycles. The van der Waals surface area contributed by atoms with Crippen molar-refractivity contribution < 1.29 is 4.74 Å². The Hall–Kier alpha value is 0.270. The first-order chi connectivity index (χ1) is 9.80. The molecule has 2 aliphatic heterocycles. The standard InChI is InChI=1S/C17H31NOS/c1-20-16-7-3-6-12-18(14-16)13-15-8-11-17(19-15)9-4-2-5-10-17/h15-16H,2-14H2,1H3/t15-,16-/m1/s1. The van der Waals surface area contributed by atoms with E-state index < -0.39 is 0 Å². The second-order valence-corrected chi connectivity index (χ2v) is 8.27. The van der Waals surface area contributed by atoms with E-state index >= 15 is 0 Å². The van der Waals surface area contributed by atoms with E-state index in [0.29, 0.717) is 11.7 Å². The molecule has 0 unspecified atom stereocenters. The highest BCUT2D eigenvalue weighted by molar-refractivity contribution is 7.99. The average molecular weight is 298 g/mol. The number of ether oxygens (including phenoxy) is 1. The van der Waals surface area contributed by atoms with Gasteiger partial charge in [-0.1, -0.05) is 25.7 Å². The smallest absolute Gasteiger partial charge is 0.0710 e.